The Balaban J connectivity index is 1.29. The van der Waals surface area contributed by atoms with Crippen molar-refractivity contribution >= 4 is 11.5 Å². The van der Waals surface area contributed by atoms with Crippen molar-refractivity contribution in [3.05, 3.63) is 29.6 Å². The molecule has 1 aromatic heterocycles. The van der Waals surface area contributed by atoms with Crippen LogP contribution in [0.15, 0.2) is 24.0 Å². The van der Waals surface area contributed by atoms with Crippen LogP contribution in [0.1, 0.15) is 37.7 Å². The molecule has 0 unspecified atom stereocenters. The van der Waals surface area contributed by atoms with E-state index in [2.05, 4.69) is 19.9 Å². The molecule has 9 heteroatoms. The summed E-state index contributed by atoms with van der Waals surface area (Å²) in [7, 11) is 0. The normalized spacial score (nSPS) is 30.7. The van der Waals surface area contributed by atoms with Crippen molar-refractivity contribution in [2.45, 2.75) is 50.8 Å². The summed E-state index contributed by atoms with van der Waals surface area (Å²) in [5.74, 6) is 1.45. The smallest absolute Gasteiger partial charge is 0.387 e. The Morgan fingerprint density at radius 3 is 2.62 bits per heavy atom. The predicted molar refractivity (Wildman–Crippen MR) is 117 cm³/mol. The van der Waals surface area contributed by atoms with Gasteiger partial charge >= 0.3 is 6.61 Å². The first-order chi connectivity index (χ1) is 15.5. The van der Waals surface area contributed by atoms with Crippen molar-refractivity contribution in [3.8, 4) is 5.75 Å². The first kappa shape index (κ1) is 21.6. The summed E-state index contributed by atoms with van der Waals surface area (Å²) in [6, 6.07) is 2.48. The van der Waals surface area contributed by atoms with Gasteiger partial charge in [-0.05, 0) is 56.1 Å². The molecule has 4 aliphatic rings. The van der Waals surface area contributed by atoms with Crippen LogP contribution in [0.3, 0.4) is 0 Å². The Kier molecular flexibility index (Phi) is 6.03. The standard InChI is InChI=1S/C23H31F2N5O2/c24-23(25)32-20-8-13(12-28-22(20)27)18(26)11-19(29-14-2-1-3-14)21-16-9-15(10-17(16)21)30-4-6-31-7-5-30/h8,11-12,14-17,21,23,26,29H,1-7,9-10H2,(H2,27,28)/b19-11-,26-18?/t15-,16+,17-,21-. The molecule has 3 aliphatic carbocycles. The highest BCUT2D eigenvalue weighted by Crippen LogP contribution is 2.61. The Hall–Kier alpha value is -2.26. The molecule has 0 radical (unpaired) electrons. The van der Waals surface area contributed by atoms with Crippen LogP contribution < -0.4 is 15.8 Å². The number of alkyl halides is 2. The lowest BCUT2D eigenvalue weighted by Gasteiger charge is -2.34. The fraction of sp³-hybridized carbons (Fsp3) is 0.652. The molecule has 0 aromatic carbocycles. The average molecular weight is 448 g/mol. The largest absolute Gasteiger partial charge is 0.431 e. The van der Waals surface area contributed by atoms with E-state index in [1.54, 1.807) is 0 Å². The zero-order chi connectivity index (χ0) is 22.2. The fourth-order valence-corrected chi connectivity index (χ4v) is 5.57. The third-order valence-corrected chi connectivity index (χ3v) is 7.53. The average Bonchev–Trinajstić information content (AvgIpc) is 3.23. The number of nitrogens with one attached hydrogen (secondary N) is 2. The van der Waals surface area contributed by atoms with E-state index in [1.807, 2.05) is 6.08 Å². The van der Waals surface area contributed by atoms with Crippen molar-refractivity contribution in [2.75, 3.05) is 32.0 Å². The highest BCUT2D eigenvalue weighted by molar-refractivity contribution is 6.07. The Bertz CT molecular complexity index is 873. The molecule has 5 rings (SSSR count). The first-order valence-corrected chi connectivity index (χ1v) is 11.6. The molecular formula is C23H31F2N5O2. The molecule has 0 bridgehead atoms. The second-order valence-corrected chi connectivity index (χ2v) is 9.40. The van der Waals surface area contributed by atoms with Crippen LogP contribution in [-0.4, -0.2) is 60.6 Å². The van der Waals surface area contributed by atoms with E-state index >= 15 is 0 Å². The van der Waals surface area contributed by atoms with Crippen LogP contribution in [0, 0.1) is 23.2 Å². The summed E-state index contributed by atoms with van der Waals surface area (Å²) in [6.45, 7) is 0.715. The van der Waals surface area contributed by atoms with Gasteiger partial charge in [-0.3, -0.25) is 4.90 Å². The third-order valence-electron chi connectivity index (χ3n) is 7.53. The topological polar surface area (TPSA) is 96.5 Å². The SMILES string of the molecule is N=C(/C=C(\NC1CCC1)[C@H]1[C@@H]2C[C@H](N3CCOCC3)C[C@@H]21)c1cnc(N)c(OC(F)F)c1. The minimum Gasteiger partial charge on any atom is -0.431 e. The maximum Gasteiger partial charge on any atom is 0.387 e. The lowest BCUT2D eigenvalue weighted by atomic mass is 9.91. The van der Waals surface area contributed by atoms with Crippen molar-refractivity contribution in [1.82, 2.24) is 15.2 Å². The van der Waals surface area contributed by atoms with Crippen molar-refractivity contribution in [3.63, 3.8) is 0 Å². The molecule has 4 atom stereocenters. The van der Waals surface area contributed by atoms with E-state index in [1.165, 1.54) is 31.5 Å². The van der Waals surface area contributed by atoms with Crippen LogP contribution >= 0.6 is 0 Å². The number of nitrogen functional groups attached to an aromatic ring is 1. The van der Waals surface area contributed by atoms with E-state index in [9.17, 15) is 8.78 Å². The van der Waals surface area contributed by atoms with Gasteiger partial charge in [0.1, 0.15) is 0 Å². The van der Waals surface area contributed by atoms with Crippen LogP contribution in [0.5, 0.6) is 5.75 Å². The first-order valence-electron chi connectivity index (χ1n) is 11.6. The Labute approximate surface area is 186 Å². The summed E-state index contributed by atoms with van der Waals surface area (Å²) >= 11 is 0. The second-order valence-electron chi connectivity index (χ2n) is 9.40. The summed E-state index contributed by atoms with van der Waals surface area (Å²) in [5, 5.41) is 12.3. The van der Waals surface area contributed by atoms with E-state index in [4.69, 9.17) is 15.9 Å². The minimum atomic E-state index is -2.99. The number of ether oxygens (including phenoxy) is 2. The quantitative estimate of drug-likeness (QED) is 0.530. The monoisotopic (exact) mass is 447 g/mol. The number of allylic oxidation sites excluding steroid dienone is 2. The Morgan fingerprint density at radius 2 is 2.00 bits per heavy atom. The number of pyridine rings is 1. The van der Waals surface area contributed by atoms with Gasteiger partial charge in [0.15, 0.2) is 11.6 Å². The van der Waals surface area contributed by atoms with Crippen LogP contribution in [0.25, 0.3) is 0 Å². The van der Waals surface area contributed by atoms with Gasteiger partial charge in [0.25, 0.3) is 0 Å². The highest BCUT2D eigenvalue weighted by atomic mass is 19.3. The molecule has 32 heavy (non-hydrogen) atoms. The van der Waals surface area contributed by atoms with Gasteiger partial charge in [0.05, 0.1) is 18.9 Å². The molecule has 4 N–H and O–H groups in total. The van der Waals surface area contributed by atoms with E-state index in [0.29, 0.717) is 35.4 Å². The van der Waals surface area contributed by atoms with Gasteiger partial charge in [0.2, 0.25) is 0 Å². The number of hydrogen-bond acceptors (Lipinski definition) is 7. The molecule has 2 heterocycles. The summed E-state index contributed by atoms with van der Waals surface area (Å²) in [5.41, 5.74) is 7.41. The Morgan fingerprint density at radius 1 is 1.28 bits per heavy atom. The summed E-state index contributed by atoms with van der Waals surface area (Å²) in [4.78, 5) is 6.51. The lowest BCUT2D eigenvalue weighted by molar-refractivity contribution is -0.0495. The molecule has 7 nitrogen and oxygen atoms in total. The second kappa shape index (κ2) is 8.94. The maximum atomic E-state index is 12.7. The summed E-state index contributed by atoms with van der Waals surface area (Å²) in [6.07, 6.45) is 9.23. The van der Waals surface area contributed by atoms with Gasteiger partial charge in [0, 0.05) is 48.5 Å². The molecule has 4 fully saturated rings. The molecule has 3 saturated carbocycles. The van der Waals surface area contributed by atoms with Gasteiger partial charge in [-0.1, -0.05) is 0 Å². The summed E-state index contributed by atoms with van der Waals surface area (Å²) < 4.78 is 35.3. The van der Waals surface area contributed by atoms with E-state index in [0.717, 1.165) is 44.8 Å². The molecule has 1 aromatic rings. The number of hydrogen-bond donors (Lipinski definition) is 3. The van der Waals surface area contributed by atoms with Crippen molar-refractivity contribution < 1.29 is 18.3 Å². The van der Waals surface area contributed by atoms with Gasteiger partial charge < -0.3 is 25.9 Å². The molecule has 0 spiro atoms. The predicted octanol–water partition coefficient (Wildman–Crippen LogP) is 3.02. The van der Waals surface area contributed by atoms with Crippen LogP contribution in [0.2, 0.25) is 0 Å². The number of morpholine rings is 1. The zero-order valence-corrected chi connectivity index (χ0v) is 18.1. The van der Waals surface area contributed by atoms with Crippen LogP contribution in [-0.2, 0) is 4.74 Å². The molecule has 0 amide bonds. The number of rotatable bonds is 8. The van der Waals surface area contributed by atoms with Gasteiger partial charge in [-0.15, -0.1) is 0 Å². The molecular weight excluding hydrogens is 416 g/mol. The third kappa shape index (κ3) is 4.45. The number of aromatic nitrogens is 1. The number of anilines is 1. The number of fused-ring (bicyclic) bond motifs is 1. The molecule has 1 saturated heterocycles. The van der Waals surface area contributed by atoms with Gasteiger partial charge in [-0.2, -0.15) is 8.78 Å². The van der Waals surface area contributed by atoms with E-state index < -0.39 is 6.61 Å². The molecule has 174 valence electrons. The van der Waals surface area contributed by atoms with Crippen molar-refractivity contribution in [2.24, 2.45) is 17.8 Å². The fourth-order valence-electron chi connectivity index (χ4n) is 5.57. The minimum absolute atomic E-state index is 0.107. The van der Waals surface area contributed by atoms with Crippen LogP contribution in [0.4, 0.5) is 14.6 Å². The van der Waals surface area contributed by atoms with E-state index in [-0.39, 0.29) is 17.3 Å². The highest BCUT2D eigenvalue weighted by Gasteiger charge is 2.58. The maximum absolute atomic E-state index is 12.7. The number of nitrogens with two attached hydrogens (primary N) is 1. The van der Waals surface area contributed by atoms with Gasteiger partial charge in [-0.25, -0.2) is 4.98 Å². The molecule has 1 aliphatic heterocycles. The lowest BCUT2D eigenvalue weighted by Crippen LogP contribution is -2.43. The zero-order valence-electron chi connectivity index (χ0n) is 18.1. The number of nitrogens with zero attached hydrogens (tertiary/aromatic N) is 2. The number of halogens is 2. The van der Waals surface area contributed by atoms with Crippen molar-refractivity contribution in [1.29, 1.82) is 5.41 Å².